The Balaban J connectivity index is -0.000000361. The number of hydrogen-bond donors (Lipinski definition) is 1. The SMILES string of the molecule is O=C(CP(=O)([O-])[O-])NC(C1CCC1)P(=O)([O-])[O-].[Na+].[Na+].[Na+].[Na+]. The molecule has 1 aliphatic rings. The zero-order valence-corrected chi connectivity index (χ0v) is 22.5. The molecule has 21 heavy (non-hydrogen) atoms. The van der Waals surface area contributed by atoms with Gasteiger partial charge in [-0.05, 0) is 26.4 Å². The Morgan fingerprint density at radius 1 is 1.05 bits per heavy atom. The van der Waals surface area contributed by atoms with Crippen molar-refractivity contribution in [1.82, 2.24) is 5.32 Å². The number of amides is 1. The molecule has 1 amide bonds. The van der Waals surface area contributed by atoms with Gasteiger partial charge < -0.3 is 34.0 Å². The minimum atomic E-state index is -5.06. The van der Waals surface area contributed by atoms with Crippen LogP contribution < -0.4 is 143 Å². The van der Waals surface area contributed by atoms with Crippen LogP contribution in [0.1, 0.15) is 19.3 Å². The van der Waals surface area contributed by atoms with Crippen LogP contribution in [0.5, 0.6) is 0 Å². The molecule has 1 rings (SSSR count). The van der Waals surface area contributed by atoms with Gasteiger partial charge >= 0.3 is 118 Å². The molecule has 0 aliphatic heterocycles. The van der Waals surface area contributed by atoms with E-state index in [9.17, 15) is 33.5 Å². The second kappa shape index (κ2) is 13.9. The van der Waals surface area contributed by atoms with E-state index in [4.69, 9.17) is 0 Å². The van der Waals surface area contributed by atoms with Crippen LogP contribution in [0.25, 0.3) is 0 Å². The largest absolute Gasteiger partial charge is 1.00 e. The summed E-state index contributed by atoms with van der Waals surface area (Å²) < 4.78 is 21.2. The van der Waals surface area contributed by atoms with Crippen molar-refractivity contribution in [1.29, 1.82) is 0 Å². The van der Waals surface area contributed by atoms with Gasteiger partial charge in [0.05, 0.1) is 11.9 Å². The summed E-state index contributed by atoms with van der Waals surface area (Å²) in [7, 11) is -10.1. The Morgan fingerprint density at radius 3 is 1.71 bits per heavy atom. The standard InChI is InChI=1S/C7H15NO7P2.4Na/c9-6(4-16(10,11)12)8-7(17(13,14)15)5-2-1-3-5;;;;/h5,7H,1-4H2,(H,8,9)(H2,10,11,12)(H2,13,14,15);;;;/q;4*+1/p-4. The molecule has 1 atom stereocenters. The molecule has 0 bridgehead atoms. The van der Waals surface area contributed by atoms with Crippen LogP contribution >= 0.6 is 15.2 Å². The van der Waals surface area contributed by atoms with Crippen LogP contribution in [-0.2, 0) is 13.9 Å². The van der Waals surface area contributed by atoms with Gasteiger partial charge in [-0.2, -0.15) is 0 Å². The average Bonchev–Trinajstić information content (AvgIpc) is 1.93. The van der Waals surface area contributed by atoms with E-state index < -0.39 is 39.0 Å². The fourth-order valence-corrected chi connectivity index (χ4v) is 3.16. The van der Waals surface area contributed by atoms with Crippen molar-refractivity contribution in [3.8, 4) is 0 Å². The van der Waals surface area contributed by atoms with E-state index in [0.29, 0.717) is 12.8 Å². The normalized spacial score (nSPS) is 15.8. The number of hydrogen-bond acceptors (Lipinski definition) is 7. The van der Waals surface area contributed by atoms with Gasteiger partial charge in [0.25, 0.3) is 0 Å². The third-order valence-electron chi connectivity index (χ3n) is 2.58. The molecular weight excluding hydrogens is 364 g/mol. The molecule has 8 nitrogen and oxygen atoms in total. The van der Waals surface area contributed by atoms with Crippen molar-refractivity contribution < 1.29 is 152 Å². The zero-order chi connectivity index (χ0) is 13.3. The van der Waals surface area contributed by atoms with E-state index in [1.807, 2.05) is 5.32 Å². The number of nitrogens with one attached hydrogen (secondary N) is 1. The van der Waals surface area contributed by atoms with Gasteiger partial charge in [0.1, 0.15) is 0 Å². The van der Waals surface area contributed by atoms with Gasteiger partial charge in [0, 0.05) is 0 Å². The molecule has 1 fully saturated rings. The molecule has 1 N–H and O–H groups in total. The van der Waals surface area contributed by atoms with Crippen LogP contribution in [0.2, 0.25) is 0 Å². The first-order chi connectivity index (χ1) is 7.59. The predicted octanol–water partition coefficient (Wildman–Crippen LogP) is -14.9. The van der Waals surface area contributed by atoms with Gasteiger partial charge in [-0.15, -0.1) is 0 Å². The first-order valence-electron chi connectivity index (χ1n) is 4.92. The molecule has 0 aromatic rings. The van der Waals surface area contributed by atoms with Gasteiger partial charge in [-0.25, -0.2) is 0 Å². The minimum absolute atomic E-state index is 0. The van der Waals surface area contributed by atoms with Crippen LogP contribution in [0.4, 0.5) is 0 Å². The molecule has 0 radical (unpaired) electrons. The van der Waals surface area contributed by atoms with E-state index in [0.717, 1.165) is 6.42 Å². The predicted molar refractivity (Wildman–Crippen MR) is 49.4 cm³/mol. The van der Waals surface area contributed by atoms with Crippen molar-refractivity contribution in [2.75, 3.05) is 6.16 Å². The number of carbonyl (C=O) groups is 1. The topological polar surface area (TPSA) is 155 Å². The van der Waals surface area contributed by atoms with Gasteiger partial charge in [-0.1, -0.05) is 14.0 Å². The summed E-state index contributed by atoms with van der Waals surface area (Å²) in [6, 6.07) is 0. The third-order valence-corrected chi connectivity index (χ3v) is 4.49. The van der Waals surface area contributed by atoms with E-state index in [1.54, 1.807) is 0 Å². The Kier molecular flexibility index (Phi) is 21.5. The average molecular weight is 375 g/mol. The Morgan fingerprint density at radius 2 is 1.48 bits per heavy atom. The van der Waals surface area contributed by atoms with E-state index in [2.05, 4.69) is 0 Å². The monoisotopic (exact) mass is 375 g/mol. The zero-order valence-electron chi connectivity index (χ0n) is 12.7. The molecule has 0 spiro atoms. The van der Waals surface area contributed by atoms with Crippen molar-refractivity contribution in [2.24, 2.45) is 5.92 Å². The summed E-state index contributed by atoms with van der Waals surface area (Å²) in [5.74, 6) is -3.35. The quantitative estimate of drug-likeness (QED) is 0.369. The Hall–Kier alpha value is 3.77. The molecule has 1 saturated carbocycles. The summed E-state index contributed by atoms with van der Waals surface area (Å²) in [6.45, 7) is 0. The maximum Gasteiger partial charge on any atom is 1.00 e. The van der Waals surface area contributed by atoms with E-state index in [1.165, 1.54) is 0 Å². The summed E-state index contributed by atoms with van der Waals surface area (Å²) in [4.78, 5) is 53.5. The smallest absolute Gasteiger partial charge is 0.810 e. The summed E-state index contributed by atoms with van der Waals surface area (Å²) in [5, 5.41) is 1.82. The first kappa shape index (κ1) is 32.4. The molecule has 1 aliphatic carbocycles. The second-order valence-corrected chi connectivity index (χ2v) is 7.19. The van der Waals surface area contributed by atoms with E-state index in [-0.39, 0.29) is 118 Å². The second-order valence-electron chi connectivity index (χ2n) is 4.01. The van der Waals surface area contributed by atoms with Crippen molar-refractivity contribution in [3.63, 3.8) is 0 Å². The van der Waals surface area contributed by atoms with Crippen molar-refractivity contribution in [2.45, 2.75) is 25.0 Å². The molecule has 0 heterocycles. The van der Waals surface area contributed by atoms with Crippen molar-refractivity contribution in [3.05, 3.63) is 0 Å². The number of rotatable bonds is 5. The van der Waals surface area contributed by atoms with Crippen LogP contribution in [-0.4, -0.2) is 17.9 Å². The fraction of sp³-hybridized carbons (Fsp3) is 0.857. The van der Waals surface area contributed by atoms with Crippen LogP contribution in [0, 0.1) is 5.92 Å². The molecule has 0 saturated heterocycles. The first-order valence-corrected chi connectivity index (χ1v) is 8.26. The molecule has 1 unspecified atom stereocenters. The number of carbonyl (C=O) groups excluding carboxylic acids is 1. The molecule has 100 valence electrons. The Labute approximate surface area is 211 Å². The molecule has 14 heteroatoms. The summed E-state index contributed by atoms with van der Waals surface area (Å²) in [6.07, 6.45) is 0.368. The summed E-state index contributed by atoms with van der Waals surface area (Å²) in [5.41, 5.74) is 0. The molecular formula is C7H11NNa4O7P2. The summed E-state index contributed by atoms with van der Waals surface area (Å²) >= 11 is 0. The fourth-order valence-electron chi connectivity index (χ4n) is 1.60. The van der Waals surface area contributed by atoms with Crippen molar-refractivity contribution >= 4 is 21.1 Å². The van der Waals surface area contributed by atoms with Gasteiger partial charge in [0.2, 0.25) is 5.91 Å². The van der Waals surface area contributed by atoms with E-state index >= 15 is 0 Å². The Bertz CT molecular complexity index is 396. The molecule has 0 aromatic carbocycles. The van der Waals surface area contributed by atoms with Crippen LogP contribution in [0.15, 0.2) is 0 Å². The maximum atomic E-state index is 11.1. The third kappa shape index (κ3) is 13.6. The molecule has 0 aromatic heterocycles. The maximum absolute atomic E-state index is 11.1. The van der Waals surface area contributed by atoms with Gasteiger partial charge in [0.15, 0.2) is 0 Å². The van der Waals surface area contributed by atoms with Gasteiger partial charge in [-0.3, -0.25) is 4.79 Å². The minimum Gasteiger partial charge on any atom is -0.810 e. The van der Waals surface area contributed by atoms with Crippen LogP contribution in [0.3, 0.4) is 0 Å².